The summed E-state index contributed by atoms with van der Waals surface area (Å²) >= 11 is 0. The van der Waals surface area contributed by atoms with Crippen molar-refractivity contribution in [1.29, 1.82) is 0 Å². The summed E-state index contributed by atoms with van der Waals surface area (Å²) in [6, 6.07) is 8.13. The van der Waals surface area contributed by atoms with Crippen molar-refractivity contribution in [2.24, 2.45) is 0 Å². The number of carbonyl (C=O) groups is 1. The van der Waals surface area contributed by atoms with E-state index in [0.29, 0.717) is 12.8 Å². The minimum absolute atomic E-state index is 0.158. The summed E-state index contributed by atoms with van der Waals surface area (Å²) in [4.78, 5) is 11.3. The average Bonchev–Trinajstić information content (AvgIpc) is 2.16. The predicted molar refractivity (Wildman–Crippen MR) is 51.7 cm³/mol. The Kier molecular flexibility index (Phi) is 2.15. The van der Waals surface area contributed by atoms with Crippen LogP contribution in [0.25, 0.3) is 0 Å². The first-order chi connectivity index (χ1) is 6.62. The molecule has 0 radical (unpaired) electrons. The first-order valence-electron chi connectivity index (χ1n) is 4.44. The molecule has 2 rings (SSSR count). The Morgan fingerprint density at radius 3 is 2.21 bits per heavy atom. The maximum Gasteiger partial charge on any atom is 0.188 e. The third-order valence-electron chi connectivity index (χ3n) is 2.46. The van der Waals surface area contributed by atoms with Gasteiger partial charge in [0.25, 0.3) is 0 Å². The molecule has 1 fully saturated rings. The van der Waals surface area contributed by atoms with Gasteiger partial charge in [-0.3, -0.25) is 4.79 Å². The number of Topliss-reactive ketones (excluding diaryl/α,β-unsaturated/α-hetero) is 1. The number of sulfone groups is 1. The molecule has 0 heterocycles. The van der Waals surface area contributed by atoms with E-state index in [-0.39, 0.29) is 10.7 Å². The maximum atomic E-state index is 11.8. The number of hydrogen-bond donors (Lipinski definition) is 0. The largest absolute Gasteiger partial charge is 0.298 e. The summed E-state index contributed by atoms with van der Waals surface area (Å²) in [5, 5.41) is -0.787. The summed E-state index contributed by atoms with van der Waals surface area (Å²) in [5.41, 5.74) is 0. The molecule has 0 saturated heterocycles. The van der Waals surface area contributed by atoms with Gasteiger partial charge in [-0.1, -0.05) is 18.2 Å². The average molecular weight is 210 g/mol. The number of ketones is 1. The quantitative estimate of drug-likeness (QED) is 0.736. The first kappa shape index (κ1) is 9.40. The Hall–Kier alpha value is -1.16. The van der Waals surface area contributed by atoms with Crippen molar-refractivity contribution >= 4 is 15.6 Å². The predicted octanol–water partition coefficient (Wildman–Crippen LogP) is 1.19. The van der Waals surface area contributed by atoms with Gasteiger partial charge >= 0.3 is 0 Å². The van der Waals surface area contributed by atoms with E-state index in [1.54, 1.807) is 18.2 Å². The lowest BCUT2D eigenvalue weighted by atomic mass is 9.98. The van der Waals surface area contributed by atoms with Crippen molar-refractivity contribution in [1.82, 2.24) is 0 Å². The second-order valence-electron chi connectivity index (χ2n) is 3.35. The Bertz CT molecular complexity index is 448. The highest BCUT2D eigenvalue weighted by Gasteiger charge is 2.40. The zero-order chi connectivity index (χ0) is 10.2. The molecule has 1 atom stereocenters. The van der Waals surface area contributed by atoms with E-state index in [4.69, 9.17) is 0 Å². The molecule has 0 bridgehead atoms. The molecule has 0 aliphatic heterocycles. The van der Waals surface area contributed by atoms with Crippen LogP contribution in [0.4, 0.5) is 0 Å². The molecule has 1 aromatic rings. The van der Waals surface area contributed by atoms with Gasteiger partial charge in [0.15, 0.2) is 15.6 Å². The smallest absolute Gasteiger partial charge is 0.188 e. The fourth-order valence-electron chi connectivity index (χ4n) is 1.48. The van der Waals surface area contributed by atoms with Crippen LogP contribution in [-0.4, -0.2) is 19.5 Å². The van der Waals surface area contributed by atoms with Crippen molar-refractivity contribution in [3.05, 3.63) is 30.3 Å². The topological polar surface area (TPSA) is 51.2 Å². The standard InChI is InChI=1S/C10H10O3S/c11-9-6-7-10(9)14(12,13)8-4-2-1-3-5-8/h1-5,10H,6-7H2/t10-/m0/s1. The lowest BCUT2D eigenvalue weighted by Gasteiger charge is -2.23. The van der Waals surface area contributed by atoms with Crippen LogP contribution in [0, 0.1) is 0 Å². The minimum atomic E-state index is -3.40. The molecule has 74 valence electrons. The van der Waals surface area contributed by atoms with Crippen molar-refractivity contribution in [3.63, 3.8) is 0 Å². The van der Waals surface area contributed by atoms with Crippen LogP contribution in [0.3, 0.4) is 0 Å². The molecular weight excluding hydrogens is 200 g/mol. The third-order valence-corrected chi connectivity index (χ3v) is 4.64. The molecule has 0 aromatic heterocycles. The molecule has 1 aliphatic rings. The lowest BCUT2D eigenvalue weighted by molar-refractivity contribution is -0.122. The highest BCUT2D eigenvalue weighted by atomic mass is 32.2. The summed E-state index contributed by atoms with van der Waals surface area (Å²) in [6.07, 6.45) is 0.868. The number of carbonyl (C=O) groups excluding carboxylic acids is 1. The normalized spacial score (nSPS) is 21.7. The third kappa shape index (κ3) is 1.35. The van der Waals surface area contributed by atoms with Gasteiger partial charge in [0.1, 0.15) is 5.25 Å². The molecule has 1 saturated carbocycles. The van der Waals surface area contributed by atoms with Gasteiger partial charge in [0.05, 0.1) is 4.90 Å². The molecule has 0 N–H and O–H groups in total. The molecule has 0 amide bonds. The van der Waals surface area contributed by atoms with Gasteiger partial charge in [-0.05, 0) is 18.6 Å². The second kappa shape index (κ2) is 3.20. The van der Waals surface area contributed by atoms with Crippen LogP contribution in [0.2, 0.25) is 0 Å². The molecule has 14 heavy (non-hydrogen) atoms. The van der Waals surface area contributed by atoms with Crippen LogP contribution < -0.4 is 0 Å². The van der Waals surface area contributed by atoms with Gasteiger partial charge in [-0.2, -0.15) is 0 Å². The van der Waals surface area contributed by atoms with Crippen molar-refractivity contribution in [2.75, 3.05) is 0 Å². The Morgan fingerprint density at radius 2 is 1.79 bits per heavy atom. The fourth-order valence-corrected chi connectivity index (χ4v) is 3.24. The molecule has 3 nitrogen and oxygen atoms in total. The van der Waals surface area contributed by atoms with Crippen LogP contribution in [-0.2, 0) is 14.6 Å². The summed E-state index contributed by atoms with van der Waals surface area (Å²) < 4.78 is 23.6. The van der Waals surface area contributed by atoms with Crippen LogP contribution in [0.1, 0.15) is 12.8 Å². The Morgan fingerprint density at radius 1 is 1.14 bits per heavy atom. The summed E-state index contributed by atoms with van der Waals surface area (Å²) in [6.45, 7) is 0. The minimum Gasteiger partial charge on any atom is -0.298 e. The summed E-state index contributed by atoms with van der Waals surface area (Å²) in [7, 11) is -3.40. The Labute approximate surface area is 82.7 Å². The number of hydrogen-bond acceptors (Lipinski definition) is 3. The van der Waals surface area contributed by atoms with Crippen LogP contribution in [0.15, 0.2) is 35.2 Å². The van der Waals surface area contributed by atoms with E-state index < -0.39 is 15.1 Å². The first-order valence-corrected chi connectivity index (χ1v) is 5.98. The van der Waals surface area contributed by atoms with Gasteiger partial charge in [0, 0.05) is 6.42 Å². The van der Waals surface area contributed by atoms with Crippen molar-refractivity contribution in [3.8, 4) is 0 Å². The molecule has 1 aliphatic carbocycles. The molecule has 4 heteroatoms. The van der Waals surface area contributed by atoms with Crippen LogP contribution >= 0.6 is 0 Å². The van der Waals surface area contributed by atoms with Crippen molar-refractivity contribution in [2.45, 2.75) is 23.0 Å². The van der Waals surface area contributed by atoms with Crippen LogP contribution in [0.5, 0.6) is 0 Å². The maximum absolute atomic E-state index is 11.8. The van der Waals surface area contributed by atoms with Gasteiger partial charge < -0.3 is 0 Å². The van der Waals surface area contributed by atoms with E-state index in [0.717, 1.165) is 0 Å². The molecule has 0 spiro atoms. The zero-order valence-corrected chi connectivity index (χ0v) is 8.33. The molecule has 0 unspecified atom stereocenters. The number of benzene rings is 1. The molecular formula is C10H10O3S. The van der Waals surface area contributed by atoms with Gasteiger partial charge in [0.2, 0.25) is 0 Å². The van der Waals surface area contributed by atoms with Gasteiger partial charge in [-0.25, -0.2) is 8.42 Å². The van der Waals surface area contributed by atoms with Gasteiger partial charge in [-0.15, -0.1) is 0 Å². The van der Waals surface area contributed by atoms with E-state index in [1.807, 2.05) is 0 Å². The Balaban J connectivity index is 2.39. The summed E-state index contributed by atoms with van der Waals surface area (Å²) in [5.74, 6) is -0.158. The monoisotopic (exact) mass is 210 g/mol. The van der Waals surface area contributed by atoms with E-state index in [1.165, 1.54) is 12.1 Å². The van der Waals surface area contributed by atoms with E-state index in [9.17, 15) is 13.2 Å². The van der Waals surface area contributed by atoms with E-state index in [2.05, 4.69) is 0 Å². The fraction of sp³-hybridized carbons (Fsp3) is 0.300. The number of rotatable bonds is 2. The van der Waals surface area contributed by atoms with E-state index >= 15 is 0 Å². The zero-order valence-electron chi connectivity index (χ0n) is 7.51. The lowest BCUT2D eigenvalue weighted by Crippen LogP contribution is -2.38. The SMILES string of the molecule is O=C1CC[C@@H]1S(=O)(=O)c1ccccc1. The highest BCUT2D eigenvalue weighted by Crippen LogP contribution is 2.27. The second-order valence-corrected chi connectivity index (χ2v) is 5.48. The van der Waals surface area contributed by atoms with Crippen molar-refractivity contribution < 1.29 is 13.2 Å². The highest BCUT2D eigenvalue weighted by molar-refractivity contribution is 7.93. The molecule has 1 aromatic carbocycles.